The molecule has 0 saturated heterocycles. The minimum absolute atomic E-state index is 0.277. The van der Waals surface area contributed by atoms with Gasteiger partial charge in [0.15, 0.2) is 11.5 Å². The molecule has 3 aromatic rings. The smallest absolute Gasteiger partial charge is 0.270 e. The topological polar surface area (TPSA) is 98.3 Å². The standard InChI is InChI=1S/C20H21N5O3/c1-27-17-7-6-14(11-18(17)28-2)12-23-19(26)16-8-10-22-20(25-16)24-13-15-5-3-4-9-21-15/h3-11H,12-13H2,1-2H3,(H,23,26)(H,22,24,25). The Hall–Kier alpha value is -3.68. The maximum absolute atomic E-state index is 12.4. The number of ether oxygens (including phenoxy) is 2. The van der Waals surface area contributed by atoms with E-state index in [0.29, 0.717) is 30.5 Å². The molecule has 8 nitrogen and oxygen atoms in total. The number of nitrogens with zero attached hydrogens (tertiary/aromatic N) is 3. The molecular formula is C20H21N5O3. The Bertz CT molecular complexity index is 934. The van der Waals surface area contributed by atoms with Gasteiger partial charge in [-0.3, -0.25) is 9.78 Å². The summed E-state index contributed by atoms with van der Waals surface area (Å²) in [6, 6.07) is 12.7. The SMILES string of the molecule is COc1ccc(CNC(=O)c2ccnc(NCc3ccccn3)n2)cc1OC. The zero-order valence-electron chi connectivity index (χ0n) is 15.7. The summed E-state index contributed by atoms with van der Waals surface area (Å²) in [4.78, 5) is 25.0. The van der Waals surface area contributed by atoms with Crippen molar-refractivity contribution in [3.63, 3.8) is 0 Å². The van der Waals surface area contributed by atoms with E-state index in [0.717, 1.165) is 11.3 Å². The lowest BCUT2D eigenvalue weighted by atomic mass is 10.2. The van der Waals surface area contributed by atoms with Crippen LogP contribution in [0, 0.1) is 0 Å². The van der Waals surface area contributed by atoms with Crippen LogP contribution in [0.3, 0.4) is 0 Å². The highest BCUT2D eigenvalue weighted by atomic mass is 16.5. The Balaban J connectivity index is 1.60. The second kappa shape index (κ2) is 9.31. The molecule has 2 heterocycles. The predicted molar refractivity (Wildman–Crippen MR) is 104 cm³/mol. The molecule has 1 aromatic carbocycles. The first-order chi connectivity index (χ1) is 13.7. The first-order valence-corrected chi connectivity index (χ1v) is 8.65. The van der Waals surface area contributed by atoms with Gasteiger partial charge in [-0.1, -0.05) is 12.1 Å². The molecule has 0 radical (unpaired) electrons. The molecule has 144 valence electrons. The van der Waals surface area contributed by atoms with Crippen molar-refractivity contribution in [2.24, 2.45) is 0 Å². The van der Waals surface area contributed by atoms with Crippen LogP contribution < -0.4 is 20.1 Å². The Morgan fingerprint density at radius 1 is 0.964 bits per heavy atom. The normalized spacial score (nSPS) is 10.2. The summed E-state index contributed by atoms with van der Waals surface area (Å²) in [6.45, 7) is 0.803. The van der Waals surface area contributed by atoms with Crippen molar-refractivity contribution in [2.75, 3.05) is 19.5 Å². The van der Waals surface area contributed by atoms with Crippen LogP contribution in [0.1, 0.15) is 21.7 Å². The number of anilines is 1. The lowest BCUT2D eigenvalue weighted by Crippen LogP contribution is -2.24. The Kier molecular flexibility index (Phi) is 6.35. The molecule has 0 atom stereocenters. The second-order valence-corrected chi connectivity index (χ2v) is 5.81. The quantitative estimate of drug-likeness (QED) is 0.620. The molecule has 0 fully saturated rings. The van der Waals surface area contributed by atoms with Gasteiger partial charge in [0, 0.05) is 18.9 Å². The average Bonchev–Trinajstić information content (AvgIpc) is 2.76. The van der Waals surface area contributed by atoms with Gasteiger partial charge in [-0.25, -0.2) is 9.97 Å². The summed E-state index contributed by atoms with van der Waals surface area (Å²) in [5.41, 5.74) is 2.02. The predicted octanol–water partition coefficient (Wildman–Crippen LogP) is 2.43. The molecular weight excluding hydrogens is 358 g/mol. The summed E-state index contributed by atoms with van der Waals surface area (Å²) < 4.78 is 10.5. The Morgan fingerprint density at radius 3 is 2.57 bits per heavy atom. The van der Waals surface area contributed by atoms with Gasteiger partial charge in [0.05, 0.1) is 26.5 Å². The number of carbonyl (C=O) groups is 1. The van der Waals surface area contributed by atoms with Crippen LogP contribution in [-0.4, -0.2) is 35.1 Å². The number of nitrogens with one attached hydrogen (secondary N) is 2. The lowest BCUT2D eigenvalue weighted by molar-refractivity contribution is 0.0946. The number of hydrogen-bond donors (Lipinski definition) is 2. The molecule has 0 saturated carbocycles. The van der Waals surface area contributed by atoms with Crippen molar-refractivity contribution in [1.29, 1.82) is 0 Å². The third-order valence-corrected chi connectivity index (χ3v) is 3.94. The van der Waals surface area contributed by atoms with Crippen LogP contribution in [0.4, 0.5) is 5.95 Å². The van der Waals surface area contributed by atoms with Gasteiger partial charge in [0.2, 0.25) is 5.95 Å². The zero-order valence-corrected chi connectivity index (χ0v) is 15.7. The second-order valence-electron chi connectivity index (χ2n) is 5.81. The van der Waals surface area contributed by atoms with Gasteiger partial charge in [-0.05, 0) is 35.9 Å². The Morgan fingerprint density at radius 2 is 1.82 bits per heavy atom. The van der Waals surface area contributed by atoms with Gasteiger partial charge < -0.3 is 20.1 Å². The average molecular weight is 379 g/mol. The van der Waals surface area contributed by atoms with E-state index in [2.05, 4.69) is 25.6 Å². The summed E-state index contributed by atoms with van der Waals surface area (Å²) >= 11 is 0. The van der Waals surface area contributed by atoms with Crippen molar-refractivity contribution in [3.8, 4) is 11.5 Å². The maximum atomic E-state index is 12.4. The van der Waals surface area contributed by atoms with E-state index in [1.165, 1.54) is 0 Å². The van der Waals surface area contributed by atoms with Crippen molar-refractivity contribution in [3.05, 3.63) is 71.8 Å². The minimum Gasteiger partial charge on any atom is -0.493 e. The molecule has 1 amide bonds. The molecule has 0 aliphatic rings. The number of aromatic nitrogens is 3. The molecule has 0 bridgehead atoms. The van der Waals surface area contributed by atoms with E-state index < -0.39 is 0 Å². The zero-order chi connectivity index (χ0) is 19.8. The van der Waals surface area contributed by atoms with Gasteiger partial charge in [-0.2, -0.15) is 0 Å². The highest BCUT2D eigenvalue weighted by molar-refractivity contribution is 5.92. The number of hydrogen-bond acceptors (Lipinski definition) is 7. The number of amides is 1. The van der Waals surface area contributed by atoms with Crippen molar-refractivity contribution < 1.29 is 14.3 Å². The number of benzene rings is 1. The molecule has 2 N–H and O–H groups in total. The van der Waals surface area contributed by atoms with Crippen LogP contribution >= 0.6 is 0 Å². The monoisotopic (exact) mass is 379 g/mol. The molecule has 0 aliphatic heterocycles. The minimum atomic E-state index is -0.293. The fraction of sp³-hybridized carbons (Fsp3) is 0.200. The fourth-order valence-electron chi connectivity index (χ4n) is 2.51. The molecule has 0 aliphatic carbocycles. The third kappa shape index (κ3) is 4.94. The summed E-state index contributed by atoms with van der Waals surface area (Å²) in [5.74, 6) is 1.32. The summed E-state index contributed by atoms with van der Waals surface area (Å²) in [6.07, 6.45) is 3.26. The van der Waals surface area contributed by atoms with E-state index >= 15 is 0 Å². The number of methoxy groups -OCH3 is 2. The van der Waals surface area contributed by atoms with Crippen LogP contribution in [0.2, 0.25) is 0 Å². The molecule has 0 spiro atoms. The van der Waals surface area contributed by atoms with Crippen molar-refractivity contribution in [2.45, 2.75) is 13.1 Å². The van der Waals surface area contributed by atoms with Gasteiger partial charge in [0.1, 0.15) is 5.69 Å². The van der Waals surface area contributed by atoms with Gasteiger partial charge >= 0.3 is 0 Å². The van der Waals surface area contributed by atoms with Crippen LogP contribution in [0.5, 0.6) is 11.5 Å². The first-order valence-electron chi connectivity index (χ1n) is 8.65. The highest BCUT2D eigenvalue weighted by Crippen LogP contribution is 2.27. The van der Waals surface area contributed by atoms with E-state index in [1.807, 2.05) is 30.3 Å². The number of pyridine rings is 1. The first kappa shape index (κ1) is 19.1. The number of rotatable bonds is 8. The van der Waals surface area contributed by atoms with E-state index in [1.54, 1.807) is 38.7 Å². The van der Waals surface area contributed by atoms with Crippen LogP contribution in [-0.2, 0) is 13.1 Å². The molecule has 2 aromatic heterocycles. The maximum Gasteiger partial charge on any atom is 0.270 e. The molecule has 8 heteroatoms. The fourth-order valence-corrected chi connectivity index (χ4v) is 2.51. The van der Waals surface area contributed by atoms with Crippen molar-refractivity contribution in [1.82, 2.24) is 20.3 Å². The molecule has 3 rings (SSSR count). The van der Waals surface area contributed by atoms with E-state index in [4.69, 9.17) is 9.47 Å². The highest BCUT2D eigenvalue weighted by Gasteiger charge is 2.10. The lowest BCUT2D eigenvalue weighted by Gasteiger charge is -2.10. The van der Waals surface area contributed by atoms with Crippen LogP contribution in [0.15, 0.2) is 54.9 Å². The Labute approximate surface area is 163 Å². The third-order valence-electron chi connectivity index (χ3n) is 3.94. The van der Waals surface area contributed by atoms with E-state index in [-0.39, 0.29) is 11.6 Å². The van der Waals surface area contributed by atoms with E-state index in [9.17, 15) is 4.79 Å². The summed E-state index contributed by atoms with van der Waals surface area (Å²) in [7, 11) is 3.15. The van der Waals surface area contributed by atoms with Gasteiger partial charge in [-0.15, -0.1) is 0 Å². The van der Waals surface area contributed by atoms with Gasteiger partial charge in [0.25, 0.3) is 5.91 Å². The number of carbonyl (C=O) groups excluding carboxylic acids is 1. The van der Waals surface area contributed by atoms with Crippen LogP contribution in [0.25, 0.3) is 0 Å². The van der Waals surface area contributed by atoms with Crippen molar-refractivity contribution >= 4 is 11.9 Å². The summed E-state index contributed by atoms with van der Waals surface area (Å²) in [5, 5.41) is 5.90. The molecule has 28 heavy (non-hydrogen) atoms. The molecule has 0 unspecified atom stereocenters. The largest absolute Gasteiger partial charge is 0.493 e.